The van der Waals surface area contributed by atoms with Gasteiger partial charge in [-0.3, -0.25) is 4.90 Å². The molecule has 5 heteroatoms. The minimum atomic E-state index is 0.0560. The second-order valence-corrected chi connectivity index (χ2v) is 4.94. The fraction of sp³-hybridized carbons (Fsp3) is 0.533. The average molecular weight is 277 g/mol. The predicted molar refractivity (Wildman–Crippen MR) is 80.2 cm³/mol. The van der Waals surface area contributed by atoms with Crippen LogP contribution in [0.15, 0.2) is 24.3 Å². The largest absolute Gasteiger partial charge is 0.495 e. The molecule has 0 bridgehead atoms. The third-order valence-corrected chi connectivity index (χ3v) is 3.57. The van der Waals surface area contributed by atoms with E-state index >= 15 is 0 Å². The van der Waals surface area contributed by atoms with Gasteiger partial charge in [0.15, 0.2) is 0 Å². The topological polar surface area (TPSA) is 58.8 Å². The van der Waals surface area contributed by atoms with Crippen molar-refractivity contribution in [1.29, 1.82) is 0 Å². The van der Waals surface area contributed by atoms with E-state index in [1.165, 1.54) is 0 Å². The summed E-state index contributed by atoms with van der Waals surface area (Å²) in [5, 5.41) is 0. The molecule has 1 aliphatic heterocycles. The normalized spacial score (nSPS) is 14.4. The first-order valence-electron chi connectivity index (χ1n) is 7.17. The van der Waals surface area contributed by atoms with Crippen LogP contribution in [0.1, 0.15) is 19.3 Å². The molecule has 0 aliphatic carbocycles. The van der Waals surface area contributed by atoms with Gasteiger partial charge in [0.05, 0.1) is 12.8 Å². The van der Waals surface area contributed by atoms with E-state index in [2.05, 4.69) is 0 Å². The van der Waals surface area contributed by atoms with Gasteiger partial charge in [0.1, 0.15) is 5.75 Å². The Bertz CT molecular complexity index is 444. The van der Waals surface area contributed by atoms with Crippen LogP contribution >= 0.6 is 0 Å². The summed E-state index contributed by atoms with van der Waals surface area (Å²) in [5.41, 5.74) is 6.42. The molecule has 1 saturated heterocycles. The van der Waals surface area contributed by atoms with Crippen LogP contribution in [0.4, 0.5) is 10.5 Å². The van der Waals surface area contributed by atoms with Crippen molar-refractivity contribution in [2.75, 3.05) is 38.2 Å². The number of ether oxygens (including phenoxy) is 1. The van der Waals surface area contributed by atoms with Gasteiger partial charge in [0, 0.05) is 19.6 Å². The summed E-state index contributed by atoms with van der Waals surface area (Å²) >= 11 is 0. The highest BCUT2D eigenvalue weighted by Crippen LogP contribution is 2.29. The Labute approximate surface area is 120 Å². The van der Waals surface area contributed by atoms with Gasteiger partial charge in [0.2, 0.25) is 0 Å². The lowest BCUT2D eigenvalue weighted by atomic mass is 10.2. The van der Waals surface area contributed by atoms with Crippen LogP contribution in [-0.2, 0) is 0 Å². The van der Waals surface area contributed by atoms with Crippen LogP contribution < -0.4 is 15.4 Å². The number of amides is 2. The maximum atomic E-state index is 12.7. The third kappa shape index (κ3) is 3.22. The number of rotatable bonds is 5. The number of hydrogen-bond acceptors (Lipinski definition) is 3. The number of hydrogen-bond donors (Lipinski definition) is 1. The summed E-state index contributed by atoms with van der Waals surface area (Å²) in [7, 11) is 1.63. The molecule has 0 aromatic heterocycles. The lowest BCUT2D eigenvalue weighted by Crippen LogP contribution is -2.43. The maximum Gasteiger partial charge on any atom is 0.324 e. The molecule has 2 N–H and O–H groups in total. The van der Waals surface area contributed by atoms with Crippen LogP contribution in [0.25, 0.3) is 0 Å². The molecular weight excluding hydrogens is 254 g/mol. The molecule has 1 aromatic carbocycles. The van der Waals surface area contributed by atoms with Gasteiger partial charge in [-0.05, 0) is 37.9 Å². The van der Waals surface area contributed by atoms with Crippen LogP contribution in [0.2, 0.25) is 0 Å². The fourth-order valence-corrected chi connectivity index (χ4v) is 2.50. The van der Waals surface area contributed by atoms with E-state index in [-0.39, 0.29) is 6.03 Å². The number of nitrogens with zero attached hydrogens (tertiary/aromatic N) is 2. The number of likely N-dealkylation sites (tertiary alicyclic amines) is 1. The Hall–Kier alpha value is -1.75. The van der Waals surface area contributed by atoms with Gasteiger partial charge in [-0.1, -0.05) is 12.1 Å². The average Bonchev–Trinajstić information content (AvgIpc) is 3.02. The van der Waals surface area contributed by atoms with E-state index in [0.717, 1.165) is 43.8 Å². The molecule has 0 unspecified atom stereocenters. The highest BCUT2D eigenvalue weighted by atomic mass is 16.5. The Morgan fingerprint density at radius 2 is 2.05 bits per heavy atom. The zero-order valence-corrected chi connectivity index (χ0v) is 12.0. The maximum absolute atomic E-state index is 12.7. The molecule has 0 spiro atoms. The van der Waals surface area contributed by atoms with Crippen molar-refractivity contribution in [2.45, 2.75) is 19.3 Å². The quantitative estimate of drug-likeness (QED) is 0.896. The molecule has 2 amide bonds. The summed E-state index contributed by atoms with van der Waals surface area (Å²) < 4.78 is 5.38. The third-order valence-electron chi connectivity index (χ3n) is 3.57. The Kier molecular flexibility index (Phi) is 5.24. The number of para-hydroxylation sites is 2. The number of carbonyl (C=O) groups excluding carboxylic acids is 1. The second-order valence-electron chi connectivity index (χ2n) is 4.94. The van der Waals surface area contributed by atoms with Crippen LogP contribution in [-0.4, -0.2) is 44.2 Å². The molecule has 1 heterocycles. The number of benzene rings is 1. The number of urea groups is 1. The Morgan fingerprint density at radius 3 is 2.70 bits per heavy atom. The first kappa shape index (κ1) is 14.7. The molecule has 0 radical (unpaired) electrons. The zero-order chi connectivity index (χ0) is 14.4. The summed E-state index contributed by atoms with van der Waals surface area (Å²) in [6.07, 6.45) is 2.95. The van der Waals surface area contributed by atoms with Crippen LogP contribution in [0.3, 0.4) is 0 Å². The van der Waals surface area contributed by atoms with Gasteiger partial charge < -0.3 is 15.4 Å². The van der Waals surface area contributed by atoms with Gasteiger partial charge >= 0.3 is 6.03 Å². The number of nitrogens with two attached hydrogens (primary N) is 1. The number of methoxy groups -OCH3 is 1. The molecule has 0 saturated carbocycles. The highest BCUT2D eigenvalue weighted by molar-refractivity contribution is 5.93. The number of carbonyl (C=O) groups is 1. The van der Waals surface area contributed by atoms with Crippen LogP contribution in [0.5, 0.6) is 5.75 Å². The van der Waals surface area contributed by atoms with Crippen molar-refractivity contribution in [2.24, 2.45) is 5.73 Å². The molecule has 0 atom stereocenters. The SMILES string of the molecule is COc1ccccc1N(CCCN)C(=O)N1CCCC1. The van der Waals surface area contributed by atoms with E-state index in [1.807, 2.05) is 29.2 Å². The lowest BCUT2D eigenvalue weighted by molar-refractivity contribution is 0.215. The lowest BCUT2D eigenvalue weighted by Gasteiger charge is -2.29. The van der Waals surface area contributed by atoms with Crippen molar-refractivity contribution in [3.8, 4) is 5.75 Å². The number of anilines is 1. The summed E-state index contributed by atoms with van der Waals surface area (Å²) in [6.45, 7) is 2.87. The molecule has 110 valence electrons. The van der Waals surface area contributed by atoms with Crippen LogP contribution in [0, 0.1) is 0 Å². The first-order chi connectivity index (χ1) is 9.77. The van der Waals surface area contributed by atoms with Gasteiger partial charge in [0.25, 0.3) is 0 Å². The molecule has 1 aliphatic rings. The minimum absolute atomic E-state index is 0.0560. The van der Waals surface area contributed by atoms with E-state index in [4.69, 9.17) is 10.5 Å². The molecule has 1 aromatic rings. The Balaban J connectivity index is 2.23. The monoisotopic (exact) mass is 277 g/mol. The van der Waals surface area contributed by atoms with Gasteiger partial charge in [-0.2, -0.15) is 0 Å². The molecular formula is C15H23N3O2. The van der Waals surface area contributed by atoms with Crippen molar-refractivity contribution in [3.05, 3.63) is 24.3 Å². The zero-order valence-electron chi connectivity index (χ0n) is 12.0. The summed E-state index contributed by atoms with van der Waals surface area (Å²) in [6, 6.07) is 7.68. The molecule has 5 nitrogen and oxygen atoms in total. The van der Waals surface area contributed by atoms with E-state index in [1.54, 1.807) is 12.0 Å². The van der Waals surface area contributed by atoms with E-state index < -0.39 is 0 Å². The van der Waals surface area contributed by atoms with Gasteiger partial charge in [-0.25, -0.2) is 4.79 Å². The van der Waals surface area contributed by atoms with E-state index in [9.17, 15) is 4.79 Å². The first-order valence-corrected chi connectivity index (χ1v) is 7.17. The highest BCUT2D eigenvalue weighted by Gasteiger charge is 2.26. The van der Waals surface area contributed by atoms with Crippen molar-refractivity contribution in [1.82, 2.24) is 4.90 Å². The minimum Gasteiger partial charge on any atom is -0.495 e. The molecule has 20 heavy (non-hydrogen) atoms. The van der Waals surface area contributed by atoms with Crippen molar-refractivity contribution < 1.29 is 9.53 Å². The van der Waals surface area contributed by atoms with E-state index in [0.29, 0.717) is 13.1 Å². The Morgan fingerprint density at radius 1 is 1.35 bits per heavy atom. The second kappa shape index (κ2) is 7.14. The standard InChI is InChI=1S/C15H23N3O2/c1-20-14-8-3-2-7-13(14)18(12-6-9-16)15(19)17-10-4-5-11-17/h2-3,7-8H,4-6,9-12,16H2,1H3. The predicted octanol–water partition coefficient (Wildman–Crippen LogP) is 2.07. The molecule has 2 rings (SSSR count). The van der Waals surface area contributed by atoms with Crippen molar-refractivity contribution in [3.63, 3.8) is 0 Å². The molecule has 1 fully saturated rings. The summed E-state index contributed by atoms with van der Waals surface area (Å²) in [4.78, 5) is 16.4. The summed E-state index contributed by atoms with van der Waals surface area (Å²) in [5.74, 6) is 0.720. The van der Waals surface area contributed by atoms with Gasteiger partial charge in [-0.15, -0.1) is 0 Å². The fourth-order valence-electron chi connectivity index (χ4n) is 2.50. The smallest absolute Gasteiger partial charge is 0.324 e. The van der Waals surface area contributed by atoms with Crippen molar-refractivity contribution >= 4 is 11.7 Å².